The summed E-state index contributed by atoms with van der Waals surface area (Å²) in [6, 6.07) is 8.51. The molecule has 2 aliphatic rings. The quantitative estimate of drug-likeness (QED) is 0.947. The number of hydrogen-bond acceptors (Lipinski definition) is 4. The molecule has 1 aliphatic heterocycles. The molecule has 0 radical (unpaired) electrons. The van der Waals surface area contributed by atoms with E-state index in [1.54, 1.807) is 0 Å². The summed E-state index contributed by atoms with van der Waals surface area (Å²) in [6.45, 7) is 3.30. The zero-order valence-corrected chi connectivity index (χ0v) is 12.8. The molecule has 1 saturated carbocycles. The standard InChI is InChI=1S/C18H23NO3/c20-17-6-3-5-15(17)16-12-21-9-8-19(16)10-13-11-22-18-7-2-1-4-14(13)18/h1-2,4,7,11,15-17,20H,3,5-6,8-10,12H2/t15-,16+,17+/m0/s1. The van der Waals surface area contributed by atoms with Gasteiger partial charge in [0.15, 0.2) is 0 Å². The Balaban J connectivity index is 1.57. The summed E-state index contributed by atoms with van der Waals surface area (Å²) in [4.78, 5) is 2.47. The molecular formula is C18H23NO3. The molecule has 1 aromatic heterocycles. The van der Waals surface area contributed by atoms with Gasteiger partial charge in [-0.1, -0.05) is 24.6 Å². The van der Waals surface area contributed by atoms with Crippen LogP contribution in [0.3, 0.4) is 0 Å². The van der Waals surface area contributed by atoms with Gasteiger partial charge in [0.25, 0.3) is 0 Å². The third-order valence-corrected chi connectivity index (χ3v) is 5.24. The molecule has 2 aromatic rings. The maximum atomic E-state index is 10.3. The summed E-state index contributed by atoms with van der Waals surface area (Å²) in [5.74, 6) is 0.346. The van der Waals surface area contributed by atoms with Gasteiger partial charge in [-0.3, -0.25) is 4.90 Å². The third-order valence-electron chi connectivity index (χ3n) is 5.24. The largest absolute Gasteiger partial charge is 0.464 e. The van der Waals surface area contributed by atoms with E-state index < -0.39 is 0 Å². The zero-order valence-electron chi connectivity index (χ0n) is 12.8. The molecule has 2 fully saturated rings. The van der Waals surface area contributed by atoms with Crippen LogP contribution >= 0.6 is 0 Å². The van der Waals surface area contributed by atoms with Crippen molar-refractivity contribution >= 4 is 11.0 Å². The van der Waals surface area contributed by atoms with Crippen LogP contribution < -0.4 is 0 Å². The number of aliphatic hydroxyl groups is 1. The maximum Gasteiger partial charge on any atom is 0.134 e. The predicted octanol–water partition coefficient (Wildman–Crippen LogP) is 2.79. The number of benzene rings is 1. The van der Waals surface area contributed by atoms with E-state index in [9.17, 15) is 5.11 Å². The highest BCUT2D eigenvalue weighted by molar-refractivity contribution is 5.80. The minimum absolute atomic E-state index is 0.171. The van der Waals surface area contributed by atoms with E-state index in [1.165, 1.54) is 10.9 Å². The van der Waals surface area contributed by atoms with Gasteiger partial charge < -0.3 is 14.3 Å². The molecule has 4 nitrogen and oxygen atoms in total. The van der Waals surface area contributed by atoms with Gasteiger partial charge in [-0.05, 0) is 18.9 Å². The van der Waals surface area contributed by atoms with Crippen LogP contribution in [0.1, 0.15) is 24.8 Å². The Labute approximate surface area is 130 Å². The van der Waals surface area contributed by atoms with Gasteiger partial charge in [0.05, 0.1) is 25.6 Å². The van der Waals surface area contributed by atoms with Crippen molar-refractivity contribution < 1.29 is 14.3 Å². The first kappa shape index (κ1) is 14.2. The Kier molecular flexibility index (Phi) is 3.90. The summed E-state index contributed by atoms with van der Waals surface area (Å²) < 4.78 is 11.4. The molecule has 2 heterocycles. The van der Waals surface area contributed by atoms with Crippen molar-refractivity contribution in [1.29, 1.82) is 0 Å². The third kappa shape index (κ3) is 2.56. The molecule has 4 heteroatoms. The zero-order chi connectivity index (χ0) is 14.9. The van der Waals surface area contributed by atoms with E-state index in [1.807, 2.05) is 18.4 Å². The van der Waals surface area contributed by atoms with Crippen molar-refractivity contribution in [2.24, 2.45) is 5.92 Å². The lowest BCUT2D eigenvalue weighted by Gasteiger charge is -2.40. The van der Waals surface area contributed by atoms with Crippen molar-refractivity contribution in [1.82, 2.24) is 4.90 Å². The molecule has 1 aromatic carbocycles. The normalized spacial score (nSPS) is 30.1. The predicted molar refractivity (Wildman–Crippen MR) is 84.6 cm³/mol. The first-order chi connectivity index (χ1) is 10.8. The van der Waals surface area contributed by atoms with E-state index in [0.717, 1.165) is 51.1 Å². The SMILES string of the molecule is O[C@@H]1CCC[C@H]1[C@H]1COCCN1Cc1coc2ccccc12. The van der Waals surface area contributed by atoms with Gasteiger partial charge in [-0.2, -0.15) is 0 Å². The lowest BCUT2D eigenvalue weighted by molar-refractivity contribution is -0.0535. The van der Waals surface area contributed by atoms with Gasteiger partial charge in [0.2, 0.25) is 0 Å². The van der Waals surface area contributed by atoms with Crippen LogP contribution in [0, 0.1) is 5.92 Å². The van der Waals surface area contributed by atoms with Gasteiger partial charge >= 0.3 is 0 Å². The van der Waals surface area contributed by atoms with Gasteiger partial charge in [-0.15, -0.1) is 0 Å². The smallest absolute Gasteiger partial charge is 0.134 e. The van der Waals surface area contributed by atoms with Gasteiger partial charge in [0, 0.05) is 36.0 Å². The number of ether oxygens (including phenoxy) is 1. The van der Waals surface area contributed by atoms with E-state index >= 15 is 0 Å². The maximum absolute atomic E-state index is 10.3. The Morgan fingerprint density at radius 2 is 2.14 bits per heavy atom. The fraction of sp³-hybridized carbons (Fsp3) is 0.556. The highest BCUT2D eigenvalue weighted by atomic mass is 16.5. The fourth-order valence-corrected chi connectivity index (χ4v) is 4.04. The first-order valence-electron chi connectivity index (χ1n) is 8.28. The summed E-state index contributed by atoms with van der Waals surface area (Å²) in [5, 5.41) is 11.5. The topological polar surface area (TPSA) is 45.8 Å². The van der Waals surface area contributed by atoms with Crippen molar-refractivity contribution in [3.63, 3.8) is 0 Å². The minimum Gasteiger partial charge on any atom is -0.464 e. The lowest BCUT2D eigenvalue weighted by atomic mass is 9.94. The van der Waals surface area contributed by atoms with E-state index in [0.29, 0.717) is 12.0 Å². The van der Waals surface area contributed by atoms with Crippen molar-refractivity contribution in [2.45, 2.75) is 38.0 Å². The average molecular weight is 301 g/mol. The number of morpholine rings is 1. The minimum atomic E-state index is -0.171. The molecule has 0 bridgehead atoms. The van der Waals surface area contributed by atoms with Crippen molar-refractivity contribution in [3.05, 3.63) is 36.1 Å². The summed E-state index contributed by atoms with van der Waals surface area (Å²) in [5.41, 5.74) is 2.18. The number of hydrogen-bond donors (Lipinski definition) is 1. The van der Waals surface area contributed by atoms with Crippen LogP contribution in [0.15, 0.2) is 34.9 Å². The monoisotopic (exact) mass is 301 g/mol. The molecule has 1 aliphatic carbocycles. The second-order valence-electron chi connectivity index (χ2n) is 6.53. The molecule has 1 N–H and O–H groups in total. The molecule has 0 unspecified atom stereocenters. The number of fused-ring (bicyclic) bond motifs is 1. The van der Waals surface area contributed by atoms with E-state index in [4.69, 9.17) is 9.15 Å². The summed E-state index contributed by atoms with van der Waals surface area (Å²) >= 11 is 0. The molecule has 3 atom stereocenters. The second-order valence-corrected chi connectivity index (χ2v) is 6.53. The number of para-hydroxylation sites is 1. The summed E-state index contributed by atoms with van der Waals surface area (Å²) in [6.07, 6.45) is 4.88. The molecule has 0 amide bonds. The van der Waals surface area contributed by atoms with Crippen LogP contribution in [0.2, 0.25) is 0 Å². The molecule has 22 heavy (non-hydrogen) atoms. The number of nitrogens with zero attached hydrogens (tertiary/aromatic N) is 1. The highest BCUT2D eigenvalue weighted by Crippen LogP contribution is 2.33. The Morgan fingerprint density at radius 3 is 3.00 bits per heavy atom. The van der Waals surface area contributed by atoms with E-state index in [2.05, 4.69) is 17.0 Å². The van der Waals surface area contributed by atoms with Gasteiger partial charge in [-0.25, -0.2) is 0 Å². The number of furan rings is 1. The lowest BCUT2D eigenvalue weighted by Crippen LogP contribution is -2.50. The van der Waals surface area contributed by atoms with Crippen LogP contribution in [0.25, 0.3) is 11.0 Å². The Hall–Kier alpha value is -1.36. The Morgan fingerprint density at radius 1 is 1.23 bits per heavy atom. The number of aliphatic hydroxyl groups excluding tert-OH is 1. The Bertz CT molecular complexity index is 638. The molecule has 118 valence electrons. The van der Waals surface area contributed by atoms with Gasteiger partial charge in [0.1, 0.15) is 5.58 Å². The summed E-state index contributed by atoms with van der Waals surface area (Å²) in [7, 11) is 0. The van der Waals surface area contributed by atoms with Crippen molar-refractivity contribution in [2.75, 3.05) is 19.8 Å². The van der Waals surface area contributed by atoms with Crippen LogP contribution in [0.4, 0.5) is 0 Å². The second kappa shape index (κ2) is 6.03. The molecular weight excluding hydrogens is 278 g/mol. The molecule has 4 rings (SSSR count). The molecule has 0 spiro atoms. The van der Waals surface area contributed by atoms with E-state index in [-0.39, 0.29) is 6.10 Å². The van der Waals surface area contributed by atoms with Crippen LogP contribution in [0.5, 0.6) is 0 Å². The highest BCUT2D eigenvalue weighted by Gasteiger charge is 2.37. The first-order valence-corrected chi connectivity index (χ1v) is 8.28. The van der Waals surface area contributed by atoms with Crippen LogP contribution in [-0.2, 0) is 11.3 Å². The fourth-order valence-electron chi connectivity index (χ4n) is 4.04. The van der Waals surface area contributed by atoms with Crippen molar-refractivity contribution in [3.8, 4) is 0 Å². The average Bonchev–Trinajstić information content (AvgIpc) is 3.15. The molecule has 1 saturated heterocycles. The van der Waals surface area contributed by atoms with Crippen LogP contribution in [-0.4, -0.2) is 41.9 Å². The number of rotatable bonds is 3.